The van der Waals surface area contributed by atoms with Gasteiger partial charge in [-0.25, -0.2) is 17.9 Å². The third kappa shape index (κ3) is 3.52. The Morgan fingerprint density at radius 1 is 1.39 bits per heavy atom. The SMILES string of the molecule is Cc1ccc(C)c(S(=O)(=O)NCC(O)C(=O)O)c1. The zero-order valence-corrected chi connectivity index (χ0v) is 10.9. The summed E-state index contributed by atoms with van der Waals surface area (Å²) in [6.07, 6.45) is -1.76. The second-order valence-electron chi connectivity index (χ2n) is 3.97. The van der Waals surface area contributed by atoms with Crippen LogP contribution in [-0.4, -0.2) is 37.2 Å². The Morgan fingerprint density at radius 3 is 2.56 bits per heavy atom. The highest BCUT2D eigenvalue weighted by Gasteiger charge is 2.20. The quantitative estimate of drug-likeness (QED) is 0.702. The Labute approximate surface area is 105 Å². The van der Waals surface area contributed by atoms with Crippen LogP contribution >= 0.6 is 0 Å². The molecule has 3 N–H and O–H groups in total. The molecule has 0 radical (unpaired) electrons. The van der Waals surface area contributed by atoms with Gasteiger partial charge in [-0.2, -0.15) is 0 Å². The van der Waals surface area contributed by atoms with E-state index in [0.29, 0.717) is 5.56 Å². The summed E-state index contributed by atoms with van der Waals surface area (Å²) in [4.78, 5) is 10.5. The van der Waals surface area contributed by atoms with Crippen molar-refractivity contribution in [2.45, 2.75) is 24.8 Å². The average Bonchev–Trinajstić information content (AvgIpc) is 2.29. The number of carboxylic acids is 1. The van der Waals surface area contributed by atoms with Gasteiger partial charge in [0.15, 0.2) is 6.10 Å². The van der Waals surface area contributed by atoms with Crippen molar-refractivity contribution in [3.63, 3.8) is 0 Å². The second-order valence-corrected chi connectivity index (χ2v) is 5.71. The van der Waals surface area contributed by atoms with E-state index in [-0.39, 0.29) is 4.90 Å². The first-order valence-corrected chi connectivity index (χ1v) is 6.70. The molecule has 1 unspecified atom stereocenters. The molecule has 6 nitrogen and oxygen atoms in total. The molecule has 0 aliphatic rings. The number of benzene rings is 1. The molecule has 0 amide bonds. The van der Waals surface area contributed by atoms with Crippen molar-refractivity contribution in [3.8, 4) is 0 Å². The third-order valence-electron chi connectivity index (χ3n) is 2.38. The number of sulfonamides is 1. The van der Waals surface area contributed by atoms with E-state index < -0.39 is 28.6 Å². The molecule has 0 aromatic heterocycles. The number of aliphatic hydroxyl groups excluding tert-OH is 1. The lowest BCUT2D eigenvalue weighted by molar-refractivity contribution is -0.146. The fourth-order valence-corrected chi connectivity index (χ4v) is 2.72. The molecule has 1 rings (SSSR count). The van der Waals surface area contributed by atoms with Crippen molar-refractivity contribution in [1.29, 1.82) is 0 Å². The Morgan fingerprint density at radius 2 is 2.00 bits per heavy atom. The molecular weight excluding hydrogens is 258 g/mol. The highest BCUT2D eigenvalue weighted by atomic mass is 32.2. The van der Waals surface area contributed by atoms with Gasteiger partial charge in [0.05, 0.1) is 4.90 Å². The van der Waals surface area contributed by atoms with Gasteiger partial charge in [0, 0.05) is 6.54 Å². The first kappa shape index (κ1) is 14.6. The lowest BCUT2D eigenvalue weighted by Gasteiger charge is -2.11. The number of aliphatic carboxylic acids is 1. The van der Waals surface area contributed by atoms with Gasteiger partial charge < -0.3 is 10.2 Å². The zero-order chi connectivity index (χ0) is 13.9. The van der Waals surface area contributed by atoms with Crippen LogP contribution in [0.2, 0.25) is 0 Å². The van der Waals surface area contributed by atoms with Gasteiger partial charge in [-0.1, -0.05) is 12.1 Å². The molecule has 0 saturated heterocycles. The Hall–Kier alpha value is -1.44. The molecule has 0 heterocycles. The summed E-state index contributed by atoms with van der Waals surface area (Å²) in [5.41, 5.74) is 1.33. The fourth-order valence-electron chi connectivity index (χ4n) is 1.35. The van der Waals surface area contributed by atoms with Gasteiger partial charge in [-0.05, 0) is 31.0 Å². The van der Waals surface area contributed by atoms with E-state index in [1.807, 2.05) is 0 Å². The third-order valence-corrected chi connectivity index (χ3v) is 3.95. The highest BCUT2D eigenvalue weighted by Crippen LogP contribution is 2.16. The minimum absolute atomic E-state index is 0.0834. The molecule has 100 valence electrons. The summed E-state index contributed by atoms with van der Waals surface area (Å²) in [7, 11) is -3.82. The van der Waals surface area contributed by atoms with Crippen LogP contribution in [0, 0.1) is 13.8 Å². The number of hydrogen-bond donors (Lipinski definition) is 3. The van der Waals surface area contributed by atoms with E-state index in [1.165, 1.54) is 6.07 Å². The van der Waals surface area contributed by atoms with Crippen LogP contribution in [0.1, 0.15) is 11.1 Å². The van der Waals surface area contributed by atoms with Gasteiger partial charge in [-0.15, -0.1) is 0 Å². The Bertz CT molecular complexity index is 553. The van der Waals surface area contributed by atoms with E-state index >= 15 is 0 Å². The standard InChI is InChI=1S/C11H15NO5S/c1-7-3-4-8(2)10(5-7)18(16,17)12-6-9(13)11(14)15/h3-5,9,12-13H,6H2,1-2H3,(H,14,15). The molecule has 0 aliphatic carbocycles. The maximum absolute atomic E-state index is 11.9. The number of hydrogen-bond acceptors (Lipinski definition) is 4. The summed E-state index contributed by atoms with van der Waals surface area (Å²) in [6.45, 7) is 2.83. The number of aliphatic hydroxyl groups is 1. The molecule has 0 spiro atoms. The van der Waals surface area contributed by atoms with Crippen molar-refractivity contribution in [2.75, 3.05) is 6.54 Å². The van der Waals surface area contributed by atoms with Gasteiger partial charge in [0.1, 0.15) is 0 Å². The molecule has 7 heteroatoms. The predicted molar refractivity (Wildman–Crippen MR) is 64.7 cm³/mol. The first-order chi connectivity index (χ1) is 8.24. The maximum atomic E-state index is 11.9. The molecule has 0 saturated carbocycles. The first-order valence-electron chi connectivity index (χ1n) is 5.22. The lowest BCUT2D eigenvalue weighted by Crippen LogP contribution is -2.36. The van der Waals surface area contributed by atoms with Crippen molar-refractivity contribution < 1.29 is 23.4 Å². The molecule has 1 aromatic carbocycles. The zero-order valence-electron chi connectivity index (χ0n) is 10.0. The van der Waals surface area contributed by atoms with Crippen LogP contribution in [-0.2, 0) is 14.8 Å². The number of carbonyl (C=O) groups is 1. The van der Waals surface area contributed by atoms with Crippen LogP contribution < -0.4 is 4.72 Å². The lowest BCUT2D eigenvalue weighted by atomic mass is 10.2. The van der Waals surface area contributed by atoms with Crippen LogP contribution in [0.3, 0.4) is 0 Å². The molecule has 1 atom stereocenters. The van der Waals surface area contributed by atoms with E-state index in [0.717, 1.165) is 5.56 Å². The van der Waals surface area contributed by atoms with Crippen molar-refractivity contribution in [1.82, 2.24) is 4.72 Å². The van der Waals surface area contributed by atoms with Crippen molar-refractivity contribution >= 4 is 16.0 Å². The smallest absolute Gasteiger partial charge is 0.333 e. The summed E-state index contributed by atoms with van der Waals surface area (Å²) in [6, 6.07) is 4.93. The van der Waals surface area contributed by atoms with Crippen molar-refractivity contribution in [3.05, 3.63) is 29.3 Å². The van der Waals surface area contributed by atoms with E-state index in [9.17, 15) is 13.2 Å². The van der Waals surface area contributed by atoms with E-state index in [1.54, 1.807) is 26.0 Å². The minimum atomic E-state index is -3.82. The van der Waals surface area contributed by atoms with Gasteiger partial charge in [-0.3, -0.25) is 0 Å². The van der Waals surface area contributed by atoms with Crippen LogP contribution in [0.5, 0.6) is 0 Å². The van der Waals surface area contributed by atoms with Gasteiger partial charge in [0.2, 0.25) is 10.0 Å². The topological polar surface area (TPSA) is 104 Å². The fraction of sp³-hybridized carbons (Fsp3) is 0.364. The molecule has 18 heavy (non-hydrogen) atoms. The second kappa shape index (κ2) is 5.47. The maximum Gasteiger partial charge on any atom is 0.333 e. The number of carboxylic acid groups (broad SMARTS) is 1. The predicted octanol–water partition coefficient (Wildman–Crippen LogP) is 0.0272. The Balaban J connectivity index is 2.93. The van der Waals surface area contributed by atoms with Crippen molar-refractivity contribution in [2.24, 2.45) is 0 Å². The molecule has 0 aliphatic heterocycles. The molecular formula is C11H15NO5S. The number of aryl methyl sites for hydroxylation is 2. The number of nitrogens with one attached hydrogen (secondary N) is 1. The summed E-state index contributed by atoms with van der Waals surface area (Å²) in [5.74, 6) is -1.47. The molecule has 0 bridgehead atoms. The monoisotopic (exact) mass is 273 g/mol. The average molecular weight is 273 g/mol. The molecule has 1 aromatic rings. The van der Waals surface area contributed by atoms with E-state index in [4.69, 9.17) is 10.2 Å². The highest BCUT2D eigenvalue weighted by molar-refractivity contribution is 7.89. The van der Waals surface area contributed by atoms with Gasteiger partial charge >= 0.3 is 5.97 Å². The summed E-state index contributed by atoms with van der Waals surface area (Å²) >= 11 is 0. The minimum Gasteiger partial charge on any atom is -0.479 e. The molecule has 0 fully saturated rings. The van der Waals surface area contributed by atoms with Crippen LogP contribution in [0.25, 0.3) is 0 Å². The summed E-state index contributed by atoms with van der Waals surface area (Å²) < 4.78 is 25.9. The van der Waals surface area contributed by atoms with Gasteiger partial charge in [0.25, 0.3) is 0 Å². The largest absolute Gasteiger partial charge is 0.479 e. The van der Waals surface area contributed by atoms with Crippen LogP contribution in [0.15, 0.2) is 23.1 Å². The Kier molecular flexibility index (Phi) is 4.44. The van der Waals surface area contributed by atoms with E-state index in [2.05, 4.69) is 4.72 Å². The normalized spacial score (nSPS) is 13.3. The number of rotatable bonds is 5. The van der Waals surface area contributed by atoms with Crippen LogP contribution in [0.4, 0.5) is 0 Å². The summed E-state index contributed by atoms with van der Waals surface area (Å²) in [5, 5.41) is 17.5.